The van der Waals surface area contributed by atoms with E-state index in [4.69, 9.17) is 0 Å². The molecule has 0 radical (unpaired) electrons. The Kier molecular flexibility index (Phi) is 3.21. The van der Waals surface area contributed by atoms with Crippen LogP contribution in [0.4, 0.5) is 0 Å². The minimum atomic E-state index is 0.342. The first-order valence-corrected chi connectivity index (χ1v) is 8.18. The van der Waals surface area contributed by atoms with Gasteiger partial charge in [0.2, 0.25) is 5.91 Å². The quantitative estimate of drug-likeness (QED) is 0.896. The van der Waals surface area contributed by atoms with Gasteiger partial charge in [0, 0.05) is 36.1 Å². The van der Waals surface area contributed by atoms with Gasteiger partial charge in [-0.25, -0.2) is 0 Å². The lowest BCUT2D eigenvalue weighted by Crippen LogP contribution is -2.43. The predicted molar refractivity (Wildman–Crippen MR) is 84.2 cm³/mol. The van der Waals surface area contributed by atoms with Crippen LogP contribution < -0.4 is 0 Å². The number of nitrogens with one attached hydrogen (secondary N) is 1. The molecule has 1 aromatic heterocycles. The smallest absolute Gasteiger partial charge is 0.225 e. The number of nitrogens with zero attached hydrogens (tertiary/aromatic N) is 1. The van der Waals surface area contributed by atoms with E-state index in [0.717, 1.165) is 38.8 Å². The number of H-pyrrole nitrogens is 1. The number of amides is 1. The zero-order valence-corrected chi connectivity index (χ0v) is 12.3. The zero-order valence-electron chi connectivity index (χ0n) is 12.3. The molecule has 1 aliphatic carbocycles. The van der Waals surface area contributed by atoms with E-state index in [-0.39, 0.29) is 0 Å². The number of benzene rings is 1. The van der Waals surface area contributed by atoms with E-state index in [9.17, 15) is 4.79 Å². The summed E-state index contributed by atoms with van der Waals surface area (Å²) >= 11 is 0. The van der Waals surface area contributed by atoms with E-state index in [1.807, 2.05) is 0 Å². The number of aromatic nitrogens is 1. The van der Waals surface area contributed by atoms with Crippen molar-refractivity contribution >= 4 is 16.8 Å². The SMILES string of the molecule is O=C(C1CCC1)N1CCC(c2c[nH]c3ccccc23)CC1. The van der Waals surface area contributed by atoms with Crippen LogP contribution in [0.2, 0.25) is 0 Å². The summed E-state index contributed by atoms with van der Waals surface area (Å²) < 4.78 is 0. The minimum absolute atomic E-state index is 0.342. The maximum atomic E-state index is 12.3. The van der Waals surface area contributed by atoms with Crippen molar-refractivity contribution in [1.29, 1.82) is 0 Å². The number of hydrogen-bond donors (Lipinski definition) is 1. The minimum Gasteiger partial charge on any atom is -0.361 e. The topological polar surface area (TPSA) is 36.1 Å². The van der Waals surface area contributed by atoms with Gasteiger partial charge >= 0.3 is 0 Å². The number of piperidine rings is 1. The van der Waals surface area contributed by atoms with Crippen LogP contribution in [0.15, 0.2) is 30.5 Å². The van der Waals surface area contributed by atoms with Crippen molar-refractivity contribution in [3.05, 3.63) is 36.0 Å². The number of para-hydroxylation sites is 1. The highest BCUT2D eigenvalue weighted by Crippen LogP contribution is 2.35. The van der Waals surface area contributed by atoms with Gasteiger partial charge in [-0.3, -0.25) is 4.79 Å². The Morgan fingerprint density at radius 2 is 1.86 bits per heavy atom. The van der Waals surface area contributed by atoms with Crippen molar-refractivity contribution < 1.29 is 4.79 Å². The molecule has 2 fully saturated rings. The van der Waals surface area contributed by atoms with Crippen LogP contribution in [-0.4, -0.2) is 28.9 Å². The number of aromatic amines is 1. The van der Waals surface area contributed by atoms with Gasteiger partial charge in [0.1, 0.15) is 0 Å². The molecule has 2 heterocycles. The molecule has 2 aromatic rings. The molecule has 0 atom stereocenters. The van der Waals surface area contributed by atoms with Crippen molar-refractivity contribution in [2.24, 2.45) is 5.92 Å². The highest BCUT2D eigenvalue weighted by molar-refractivity contribution is 5.84. The summed E-state index contributed by atoms with van der Waals surface area (Å²) in [7, 11) is 0. The van der Waals surface area contributed by atoms with E-state index in [0.29, 0.717) is 17.7 Å². The van der Waals surface area contributed by atoms with E-state index >= 15 is 0 Å². The lowest BCUT2D eigenvalue weighted by Gasteiger charge is -2.36. The molecule has 1 saturated heterocycles. The van der Waals surface area contributed by atoms with Crippen LogP contribution in [0.25, 0.3) is 10.9 Å². The fourth-order valence-electron chi connectivity index (χ4n) is 3.76. The third-order valence-electron chi connectivity index (χ3n) is 5.32. The Morgan fingerprint density at radius 3 is 2.57 bits per heavy atom. The Balaban J connectivity index is 1.46. The third-order valence-corrected chi connectivity index (χ3v) is 5.32. The van der Waals surface area contributed by atoms with Gasteiger partial charge in [0.05, 0.1) is 0 Å². The normalized spacial score (nSPS) is 20.7. The highest BCUT2D eigenvalue weighted by atomic mass is 16.2. The van der Waals surface area contributed by atoms with Gasteiger partial charge in [-0.2, -0.15) is 0 Å². The summed E-state index contributed by atoms with van der Waals surface area (Å²) in [6.07, 6.45) is 7.82. The van der Waals surface area contributed by atoms with Crippen molar-refractivity contribution in [3.8, 4) is 0 Å². The first kappa shape index (κ1) is 12.9. The molecule has 2 aliphatic rings. The number of likely N-dealkylation sites (tertiary alicyclic amines) is 1. The maximum Gasteiger partial charge on any atom is 0.225 e. The van der Waals surface area contributed by atoms with E-state index in [2.05, 4.69) is 40.3 Å². The molecule has 110 valence electrons. The van der Waals surface area contributed by atoms with E-state index in [1.54, 1.807) is 0 Å². The Hall–Kier alpha value is -1.77. The first-order chi connectivity index (χ1) is 10.3. The molecule has 1 aliphatic heterocycles. The Morgan fingerprint density at radius 1 is 1.10 bits per heavy atom. The number of carbonyl (C=O) groups is 1. The Labute approximate surface area is 125 Å². The summed E-state index contributed by atoms with van der Waals surface area (Å²) in [5.74, 6) is 1.35. The van der Waals surface area contributed by atoms with Crippen LogP contribution in [0.5, 0.6) is 0 Å². The van der Waals surface area contributed by atoms with Gasteiger partial charge in [0.15, 0.2) is 0 Å². The molecule has 21 heavy (non-hydrogen) atoms. The molecular formula is C18H22N2O. The molecule has 3 heteroatoms. The van der Waals surface area contributed by atoms with Gasteiger partial charge in [-0.1, -0.05) is 24.6 Å². The van der Waals surface area contributed by atoms with Gasteiger partial charge in [-0.15, -0.1) is 0 Å². The third kappa shape index (κ3) is 2.25. The van der Waals surface area contributed by atoms with Gasteiger partial charge in [-0.05, 0) is 43.2 Å². The second kappa shape index (κ2) is 5.21. The average Bonchev–Trinajstić information content (AvgIpc) is 2.89. The highest BCUT2D eigenvalue weighted by Gasteiger charge is 2.32. The average molecular weight is 282 g/mol. The summed E-state index contributed by atoms with van der Waals surface area (Å²) in [5.41, 5.74) is 2.65. The summed E-state index contributed by atoms with van der Waals surface area (Å²) in [6, 6.07) is 8.51. The van der Waals surface area contributed by atoms with Crippen LogP contribution in [0.3, 0.4) is 0 Å². The molecule has 0 unspecified atom stereocenters. The molecule has 1 amide bonds. The summed E-state index contributed by atoms with van der Waals surface area (Å²) in [5, 5.41) is 1.35. The number of fused-ring (bicyclic) bond motifs is 1. The molecule has 3 nitrogen and oxygen atoms in total. The molecule has 1 saturated carbocycles. The van der Waals surface area contributed by atoms with E-state index in [1.165, 1.54) is 22.9 Å². The van der Waals surface area contributed by atoms with Crippen molar-refractivity contribution in [1.82, 2.24) is 9.88 Å². The number of rotatable bonds is 2. The predicted octanol–water partition coefficient (Wildman–Crippen LogP) is 3.67. The Bertz CT molecular complexity index is 648. The van der Waals surface area contributed by atoms with Crippen LogP contribution in [-0.2, 0) is 4.79 Å². The molecule has 4 rings (SSSR count). The second-order valence-corrected chi connectivity index (χ2v) is 6.52. The molecular weight excluding hydrogens is 260 g/mol. The molecule has 0 bridgehead atoms. The molecule has 0 spiro atoms. The van der Waals surface area contributed by atoms with Crippen LogP contribution >= 0.6 is 0 Å². The zero-order chi connectivity index (χ0) is 14.2. The second-order valence-electron chi connectivity index (χ2n) is 6.52. The largest absolute Gasteiger partial charge is 0.361 e. The standard InChI is InChI=1S/C18H22N2O/c21-18(14-4-3-5-14)20-10-8-13(9-11-20)16-12-19-17-7-2-1-6-15(16)17/h1-2,6-7,12-14,19H,3-5,8-11H2. The van der Waals surface area contributed by atoms with E-state index < -0.39 is 0 Å². The fraction of sp³-hybridized carbons (Fsp3) is 0.500. The summed E-state index contributed by atoms with van der Waals surface area (Å²) in [4.78, 5) is 17.8. The molecule has 1 aromatic carbocycles. The molecule has 1 N–H and O–H groups in total. The van der Waals surface area contributed by atoms with Crippen molar-refractivity contribution in [3.63, 3.8) is 0 Å². The summed E-state index contributed by atoms with van der Waals surface area (Å²) in [6.45, 7) is 1.86. The van der Waals surface area contributed by atoms with Crippen molar-refractivity contribution in [2.45, 2.75) is 38.0 Å². The lowest BCUT2D eigenvalue weighted by molar-refractivity contribution is -0.139. The van der Waals surface area contributed by atoms with Gasteiger partial charge in [0.25, 0.3) is 0 Å². The first-order valence-electron chi connectivity index (χ1n) is 8.18. The monoisotopic (exact) mass is 282 g/mol. The van der Waals surface area contributed by atoms with Crippen LogP contribution in [0.1, 0.15) is 43.6 Å². The van der Waals surface area contributed by atoms with Crippen molar-refractivity contribution in [2.75, 3.05) is 13.1 Å². The lowest BCUT2D eigenvalue weighted by atomic mass is 9.83. The van der Waals surface area contributed by atoms with Gasteiger partial charge < -0.3 is 9.88 Å². The number of hydrogen-bond acceptors (Lipinski definition) is 1. The maximum absolute atomic E-state index is 12.3. The number of carbonyl (C=O) groups excluding carboxylic acids is 1. The van der Waals surface area contributed by atoms with Crippen LogP contribution in [0, 0.1) is 5.92 Å². The fourth-order valence-corrected chi connectivity index (χ4v) is 3.76.